The SMILES string of the molecule is O=C(Nc1cccc(-c2ncnc3[nH]ccc23)c1)c1cccc(O)c1. The number of aromatic hydroxyl groups is 1. The fraction of sp³-hybridized carbons (Fsp3) is 0. The number of fused-ring (bicyclic) bond motifs is 1. The summed E-state index contributed by atoms with van der Waals surface area (Å²) in [7, 11) is 0. The van der Waals surface area contributed by atoms with Crippen LogP contribution in [0.5, 0.6) is 5.75 Å². The van der Waals surface area contributed by atoms with Crippen molar-refractivity contribution in [3.8, 4) is 17.0 Å². The molecule has 0 aliphatic carbocycles. The van der Waals surface area contributed by atoms with E-state index in [1.165, 1.54) is 18.5 Å². The molecule has 4 aromatic rings. The smallest absolute Gasteiger partial charge is 0.255 e. The van der Waals surface area contributed by atoms with Gasteiger partial charge in [0.05, 0.1) is 5.69 Å². The van der Waals surface area contributed by atoms with Crippen LogP contribution in [0, 0.1) is 0 Å². The van der Waals surface area contributed by atoms with E-state index in [2.05, 4.69) is 20.3 Å². The largest absolute Gasteiger partial charge is 0.508 e. The van der Waals surface area contributed by atoms with E-state index in [1.807, 2.05) is 30.5 Å². The van der Waals surface area contributed by atoms with Crippen molar-refractivity contribution in [2.75, 3.05) is 5.32 Å². The van der Waals surface area contributed by atoms with Gasteiger partial charge < -0.3 is 15.4 Å². The van der Waals surface area contributed by atoms with Gasteiger partial charge in [0.25, 0.3) is 5.91 Å². The summed E-state index contributed by atoms with van der Waals surface area (Å²) >= 11 is 0. The van der Waals surface area contributed by atoms with Crippen LogP contribution in [0.2, 0.25) is 0 Å². The summed E-state index contributed by atoms with van der Waals surface area (Å²) in [6, 6.07) is 15.6. The number of benzene rings is 2. The van der Waals surface area contributed by atoms with Gasteiger partial charge in [-0.15, -0.1) is 0 Å². The highest BCUT2D eigenvalue weighted by atomic mass is 16.3. The number of aromatic amines is 1. The summed E-state index contributed by atoms with van der Waals surface area (Å²) in [5.41, 5.74) is 3.47. The third kappa shape index (κ3) is 2.92. The van der Waals surface area contributed by atoms with Gasteiger partial charge in [0.2, 0.25) is 0 Å². The highest BCUT2D eigenvalue weighted by Crippen LogP contribution is 2.27. The molecule has 3 N–H and O–H groups in total. The molecule has 2 aromatic heterocycles. The lowest BCUT2D eigenvalue weighted by Gasteiger charge is -2.08. The van der Waals surface area contributed by atoms with Gasteiger partial charge in [0, 0.05) is 28.4 Å². The number of phenolic OH excluding ortho intramolecular Hbond substituents is 1. The summed E-state index contributed by atoms with van der Waals surface area (Å²) in [5.74, 6) is -0.236. The fourth-order valence-corrected chi connectivity index (χ4v) is 2.70. The third-order valence-electron chi connectivity index (χ3n) is 3.86. The maximum atomic E-state index is 12.3. The molecule has 4 rings (SSSR count). The van der Waals surface area contributed by atoms with Crippen molar-refractivity contribution in [3.63, 3.8) is 0 Å². The summed E-state index contributed by atoms with van der Waals surface area (Å²) in [4.78, 5) is 23.9. The second kappa shape index (κ2) is 6.09. The molecule has 6 heteroatoms. The second-order valence-electron chi connectivity index (χ2n) is 5.55. The number of nitrogens with one attached hydrogen (secondary N) is 2. The summed E-state index contributed by atoms with van der Waals surface area (Å²) in [5, 5.41) is 13.3. The first kappa shape index (κ1) is 14.9. The molecule has 0 radical (unpaired) electrons. The van der Waals surface area contributed by atoms with E-state index < -0.39 is 0 Å². The van der Waals surface area contributed by atoms with Crippen LogP contribution >= 0.6 is 0 Å². The molecule has 122 valence electrons. The van der Waals surface area contributed by atoms with Crippen molar-refractivity contribution < 1.29 is 9.90 Å². The van der Waals surface area contributed by atoms with E-state index in [0.717, 1.165) is 22.3 Å². The first-order chi connectivity index (χ1) is 12.2. The number of carbonyl (C=O) groups is 1. The highest BCUT2D eigenvalue weighted by Gasteiger charge is 2.10. The summed E-state index contributed by atoms with van der Waals surface area (Å²) in [6.07, 6.45) is 3.32. The number of nitrogens with zero attached hydrogens (tertiary/aromatic N) is 2. The zero-order chi connectivity index (χ0) is 17.2. The Morgan fingerprint density at radius 1 is 1.04 bits per heavy atom. The Bertz CT molecular complexity index is 1070. The number of rotatable bonds is 3. The molecule has 0 fully saturated rings. The topological polar surface area (TPSA) is 90.9 Å². The molecule has 2 heterocycles. The average Bonchev–Trinajstić information content (AvgIpc) is 3.10. The first-order valence-electron chi connectivity index (χ1n) is 7.69. The quantitative estimate of drug-likeness (QED) is 0.535. The van der Waals surface area contributed by atoms with Gasteiger partial charge in [0.15, 0.2) is 0 Å². The minimum absolute atomic E-state index is 0.0530. The van der Waals surface area contributed by atoms with Crippen LogP contribution in [0.3, 0.4) is 0 Å². The van der Waals surface area contributed by atoms with E-state index in [1.54, 1.807) is 18.2 Å². The third-order valence-corrected chi connectivity index (χ3v) is 3.86. The lowest BCUT2D eigenvalue weighted by Crippen LogP contribution is -2.11. The first-order valence-corrected chi connectivity index (χ1v) is 7.69. The Morgan fingerprint density at radius 2 is 1.92 bits per heavy atom. The van der Waals surface area contributed by atoms with Crippen molar-refractivity contribution in [2.45, 2.75) is 0 Å². The minimum Gasteiger partial charge on any atom is -0.508 e. The van der Waals surface area contributed by atoms with Gasteiger partial charge >= 0.3 is 0 Å². The number of anilines is 1. The summed E-state index contributed by atoms with van der Waals surface area (Å²) in [6.45, 7) is 0. The van der Waals surface area contributed by atoms with Crippen LogP contribution in [-0.2, 0) is 0 Å². The van der Waals surface area contributed by atoms with Crippen LogP contribution in [0.4, 0.5) is 5.69 Å². The lowest BCUT2D eigenvalue weighted by atomic mass is 10.1. The molecule has 25 heavy (non-hydrogen) atoms. The Balaban J connectivity index is 1.66. The summed E-state index contributed by atoms with van der Waals surface area (Å²) < 4.78 is 0. The number of hydrogen-bond acceptors (Lipinski definition) is 4. The number of carbonyl (C=O) groups excluding carboxylic acids is 1. The monoisotopic (exact) mass is 330 g/mol. The highest BCUT2D eigenvalue weighted by molar-refractivity contribution is 6.05. The zero-order valence-electron chi connectivity index (χ0n) is 13.1. The van der Waals surface area contributed by atoms with Gasteiger partial charge in [-0.2, -0.15) is 0 Å². The van der Waals surface area contributed by atoms with E-state index in [0.29, 0.717) is 11.3 Å². The van der Waals surface area contributed by atoms with Gasteiger partial charge in [-0.25, -0.2) is 9.97 Å². The molecular formula is C19H14N4O2. The van der Waals surface area contributed by atoms with E-state index >= 15 is 0 Å². The second-order valence-corrected chi connectivity index (χ2v) is 5.55. The number of amides is 1. The Labute approximate surface area is 143 Å². The molecule has 0 atom stereocenters. The van der Waals surface area contributed by atoms with Crippen molar-refractivity contribution in [1.82, 2.24) is 15.0 Å². The van der Waals surface area contributed by atoms with Crippen LogP contribution < -0.4 is 5.32 Å². The maximum absolute atomic E-state index is 12.3. The fourth-order valence-electron chi connectivity index (χ4n) is 2.70. The molecule has 6 nitrogen and oxygen atoms in total. The Morgan fingerprint density at radius 3 is 2.80 bits per heavy atom. The standard InChI is InChI=1S/C19H14N4O2/c24-15-6-2-4-13(10-15)19(25)23-14-5-1-3-12(9-14)17-16-7-8-20-18(16)22-11-21-17/h1-11,24H,(H,23,25)(H,20,21,22). The number of aromatic nitrogens is 3. The number of hydrogen-bond donors (Lipinski definition) is 3. The molecule has 0 aliphatic rings. The van der Waals surface area contributed by atoms with Crippen LogP contribution in [0.15, 0.2) is 67.1 Å². The van der Waals surface area contributed by atoms with Gasteiger partial charge in [0.1, 0.15) is 17.7 Å². The van der Waals surface area contributed by atoms with Crippen molar-refractivity contribution in [2.24, 2.45) is 0 Å². The van der Waals surface area contributed by atoms with E-state index in [4.69, 9.17) is 0 Å². The van der Waals surface area contributed by atoms with Crippen molar-refractivity contribution in [1.29, 1.82) is 0 Å². The van der Waals surface area contributed by atoms with Crippen LogP contribution in [-0.4, -0.2) is 26.0 Å². The predicted molar refractivity (Wildman–Crippen MR) is 95.4 cm³/mol. The molecule has 0 unspecified atom stereocenters. The lowest BCUT2D eigenvalue weighted by molar-refractivity contribution is 0.102. The molecule has 0 aliphatic heterocycles. The molecule has 0 bridgehead atoms. The number of phenols is 1. The van der Waals surface area contributed by atoms with Gasteiger partial charge in [-0.1, -0.05) is 18.2 Å². The van der Waals surface area contributed by atoms with E-state index in [-0.39, 0.29) is 11.7 Å². The van der Waals surface area contributed by atoms with E-state index in [9.17, 15) is 9.90 Å². The maximum Gasteiger partial charge on any atom is 0.255 e. The Hall–Kier alpha value is -3.67. The molecule has 2 aromatic carbocycles. The minimum atomic E-state index is -0.289. The van der Waals surface area contributed by atoms with Crippen LogP contribution in [0.1, 0.15) is 10.4 Å². The Kier molecular flexibility index (Phi) is 3.63. The van der Waals surface area contributed by atoms with Crippen molar-refractivity contribution in [3.05, 3.63) is 72.7 Å². The molecular weight excluding hydrogens is 316 g/mol. The molecule has 0 saturated carbocycles. The molecule has 1 amide bonds. The number of H-pyrrole nitrogens is 1. The van der Waals surface area contributed by atoms with Gasteiger partial charge in [-0.05, 0) is 36.4 Å². The predicted octanol–water partition coefficient (Wildman–Crippen LogP) is 3.58. The molecule has 0 spiro atoms. The van der Waals surface area contributed by atoms with Crippen molar-refractivity contribution >= 4 is 22.6 Å². The average molecular weight is 330 g/mol. The normalized spacial score (nSPS) is 10.7. The van der Waals surface area contributed by atoms with Gasteiger partial charge in [-0.3, -0.25) is 4.79 Å². The van der Waals surface area contributed by atoms with Crippen LogP contribution in [0.25, 0.3) is 22.3 Å². The molecule has 0 saturated heterocycles. The zero-order valence-corrected chi connectivity index (χ0v) is 13.1.